The number of rotatable bonds is 6. The molecular weight excluding hydrogens is 258 g/mol. The minimum absolute atomic E-state index is 0.329. The van der Waals surface area contributed by atoms with Crippen LogP contribution in [0.4, 0.5) is 0 Å². The summed E-state index contributed by atoms with van der Waals surface area (Å²) in [5.74, 6) is 1.94. The van der Waals surface area contributed by atoms with Crippen molar-refractivity contribution in [2.75, 3.05) is 34.4 Å². The third kappa shape index (κ3) is 3.55. The van der Waals surface area contributed by atoms with Crippen LogP contribution >= 0.6 is 0 Å². The van der Waals surface area contributed by atoms with Crippen molar-refractivity contribution < 1.29 is 18.9 Å². The molecule has 1 N–H and O–H groups in total. The van der Waals surface area contributed by atoms with Crippen molar-refractivity contribution in [3.05, 3.63) is 17.7 Å². The molecule has 0 saturated carbocycles. The highest BCUT2D eigenvalue weighted by molar-refractivity contribution is 5.53. The quantitative estimate of drug-likeness (QED) is 0.864. The number of benzene rings is 1. The molecule has 0 aliphatic carbocycles. The van der Waals surface area contributed by atoms with E-state index in [4.69, 9.17) is 18.9 Å². The minimum Gasteiger partial charge on any atom is -0.493 e. The van der Waals surface area contributed by atoms with Gasteiger partial charge in [0.25, 0.3) is 0 Å². The van der Waals surface area contributed by atoms with Gasteiger partial charge in [0.15, 0.2) is 11.5 Å². The van der Waals surface area contributed by atoms with Crippen molar-refractivity contribution in [1.82, 2.24) is 5.32 Å². The number of piperidine rings is 1. The molecule has 20 heavy (non-hydrogen) atoms. The smallest absolute Gasteiger partial charge is 0.203 e. The lowest BCUT2D eigenvalue weighted by Gasteiger charge is -2.23. The maximum absolute atomic E-state index is 5.95. The van der Waals surface area contributed by atoms with Gasteiger partial charge in [-0.15, -0.1) is 0 Å². The fraction of sp³-hybridized carbons (Fsp3) is 0.600. The molecule has 0 radical (unpaired) electrons. The van der Waals surface area contributed by atoms with Crippen LogP contribution in [0, 0.1) is 0 Å². The minimum atomic E-state index is 0.329. The fourth-order valence-corrected chi connectivity index (χ4v) is 2.39. The topological polar surface area (TPSA) is 49.0 Å². The Morgan fingerprint density at radius 1 is 1.00 bits per heavy atom. The summed E-state index contributed by atoms with van der Waals surface area (Å²) in [6, 6.07) is 3.87. The van der Waals surface area contributed by atoms with E-state index in [2.05, 4.69) is 5.32 Å². The molecule has 0 bridgehead atoms. The predicted molar refractivity (Wildman–Crippen MR) is 76.8 cm³/mol. The molecule has 0 unspecified atom stereocenters. The Balaban J connectivity index is 2.06. The highest BCUT2D eigenvalue weighted by Crippen LogP contribution is 2.38. The zero-order valence-corrected chi connectivity index (χ0v) is 12.4. The first-order chi connectivity index (χ1) is 9.78. The highest BCUT2D eigenvalue weighted by Gasteiger charge is 2.16. The van der Waals surface area contributed by atoms with Crippen LogP contribution in [0.3, 0.4) is 0 Å². The van der Waals surface area contributed by atoms with Crippen molar-refractivity contribution in [3.8, 4) is 17.2 Å². The Hall–Kier alpha value is -1.46. The van der Waals surface area contributed by atoms with Gasteiger partial charge in [-0.3, -0.25) is 0 Å². The van der Waals surface area contributed by atoms with E-state index in [1.807, 2.05) is 12.1 Å². The Kier molecular flexibility index (Phi) is 5.49. The van der Waals surface area contributed by atoms with E-state index in [0.717, 1.165) is 31.5 Å². The van der Waals surface area contributed by atoms with Crippen LogP contribution in [0.25, 0.3) is 0 Å². The van der Waals surface area contributed by atoms with E-state index in [1.165, 1.54) is 0 Å². The second-order valence-electron chi connectivity index (χ2n) is 4.79. The number of hydrogen-bond acceptors (Lipinski definition) is 5. The average Bonchev–Trinajstić information content (AvgIpc) is 2.52. The molecule has 1 fully saturated rings. The average molecular weight is 281 g/mol. The molecule has 1 aliphatic rings. The van der Waals surface area contributed by atoms with Gasteiger partial charge in [-0.1, -0.05) is 0 Å². The maximum atomic E-state index is 5.95. The van der Waals surface area contributed by atoms with Crippen molar-refractivity contribution in [1.29, 1.82) is 0 Å². The monoisotopic (exact) mass is 281 g/mol. The van der Waals surface area contributed by atoms with E-state index >= 15 is 0 Å². The van der Waals surface area contributed by atoms with Crippen molar-refractivity contribution in [2.45, 2.75) is 25.6 Å². The van der Waals surface area contributed by atoms with E-state index in [-0.39, 0.29) is 0 Å². The van der Waals surface area contributed by atoms with E-state index in [0.29, 0.717) is 30.0 Å². The molecule has 0 aromatic heterocycles. The van der Waals surface area contributed by atoms with E-state index in [9.17, 15) is 0 Å². The van der Waals surface area contributed by atoms with E-state index < -0.39 is 0 Å². The van der Waals surface area contributed by atoms with E-state index in [1.54, 1.807) is 21.3 Å². The summed E-state index contributed by atoms with van der Waals surface area (Å²) in [6.07, 6.45) is 2.45. The number of ether oxygens (including phenoxy) is 4. The van der Waals surface area contributed by atoms with Crippen LogP contribution < -0.4 is 19.5 Å². The molecule has 1 aromatic rings. The molecule has 5 nitrogen and oxygen atoms in total. The molecule has 1 heterocycles. The van der Waals surface area contributed by atoms with Gasteiger partial charge in [-0.25, -0.2) is 0 Å². The molecule has 0 amide bonds. The molecule has 112 valence electrons. The molecule has 5 heteroatoms. The Morgan fingerprint density at radius 3 is 2.10 bits per heavy atom. The first-order valence-corrected chi connectivity index (χ1v) is 6.89. The largest absolute Gasteiger partial charge is 0.493 e. The predicted octanol–water partition coefficient (Wildman–Crippen LogP) is 1.98. The van der Waals surface area contributed by atoms with Crippen LogP contribution in [-0.2, 0) is 11.3 Å². The third-order valence-corrected chi connectivity index (χ3v) is 3.50. The van der Waals surface area contributed by atoms with Crippen LogP contribution in [0.5, 0.6) is 17.2 Å². The second-order valence-corrected chi connectivity index (χ2v) is 4.79. The molecular formula is C15H23NO4. The summed E-state index contributed by atoms with van der Waals surface area (Å²) in [5.41, 5.74) is 1.03. The standard InChI is InChI=1S/C15H23NO4/c1-17-13-8-11(9-14(18-2)15(13)19-3)10-20-12-4-6-16-7-5-12/h8-9,12,16H,4-7,10H2,1-3H3. The molecule has 0 atom stereocenters. The summed E-state index contributed by atoms with van der Waals surface area (Å²) < 4.78 is 21.9. The molecule has 1 aliphatic heterocycles. The lowest BCUT2D eigenvalue weighted by Crippen LogP contribution is -2.32. The van der Waals surface area contributed by atoms with Crippen molar-refractivity contribution >= 4 is 0 Å². The molecule has 2 rings (SSSR count). The van der Waals surface area contributed by atoms with Crippen LogP contribution in [0.15, 0.2) is 12.1 Å². The van der Waals surface area contributed by atoms with Gasteiger partial charge in [-0.05, 0) is 43.6 Å². The van der Waals surface area contributed by atoms with Gasteiger partial charge in [-0.2, -0.15) is 0 Å². The fourth-order valence-electron chi connectivity index (χ4n) is 2.39. The first kappa shape index (κ1) is 14.9. The molecule has 1 aromatic carbocycles. The van der Waals surface area contributed by atoms with Gasteiger partial charge in [0.1, 0.15) is 0 Å². The van der Waals surface area contributed by atoms with Crippen LogP contribution in [-0.4, -0.2) is 40.5 Å². The summed E-state index contributed by atoms with van der Waals surface area (Å²) in [4.78, 5) is 0. The van der Waals surface area contributed by atoms with Crippen LogP contribution in [0.2, 0.25) is 0 Å². The Labute approximate surface area is 120 Å². The first-order valence-electron chi connectivity index (χ1n) is 6.89. The number of hydrogen-bond donors (Lipinski definition) is 1. The van der Waals surface area contributed by atoms with Crippen molar-refractivity contribution in [2.24, 2.45) is 0 Å². The maximum Gasteiger partial charge on any atom is 0.203 e. The summed E-state index contributed by atoms with van der Waals surface area (Å²) in [5, 5.41) is 3.33. The normalized spacial score (nSPS) is 15.9. The van der Waals surface area contributed by atoms with Gasteiger partial charge < -0.3 is 24.3 Å². The summed E-state index contributed by atoms with van der Waals surface area (Å²) in [6.45, 7) is 2.61. The SMILES string of the molecule is COc1cc(COC2CCNCC2)cc(OC)c1OC. The zero-order chi connectivity index (χ0) is 14.4. The van der Waals surface area contributed by atoms with Crippen LogP contribution in [0.1, 0.15) is 18.4 Å². The Morgan fingerprint density at radius 2 is 1.60 bits per heavy atom. The summed E-state index contributed by atoms with van der Waals surface area (Å²) in [7, 11) is 4.84. The van der Waals surface area contributed by atoms with Gasteiger partial charge in [0.2, 0.25) is 5.75 Å². The van der Waals surface area contributed by atoms with Crippen molar-refractivity contribution in [3.63, 3.8) is 0 Å². The lowest BCUT2D eigenvalue weighted by atomic mass is 10.1. The van der Waals surface area contributed by atoms with Gasteiger partial charge >= 0.3 is 0 Å². The third-order valence-electron chi connectivity index (χ3n) is 3.50. The number of nitrogens with one attached hydrogen (secondary N) is 1. The lowest BCUT2D eigenvalue weighted by molar-refractivity contribution is 0.0210. The number of methoxy groups -OCH3 is 3. The van der Waals surface area contributed by atoms with Gasteiger partial charge in [0, 0.05) is 0 Å². The molecule has 1 saturated heterocycles. The Bertz CT molecular complexity index is 405. The summed E-state index contributed by atoms with van der Waals surface area (Å²) >= 11 is 0. The van der Waals surface area contributed by atoms with Gasteiger partial charge in [0.05, 0.1) is 34.0 Å². The zero-order valence-electron chi connectivity index (χ0n) is 12.4. The second kappa shape index (κ2) is 7.36. The highest BCUT2D eigenvalue weighted by atomic mass is 16.5. The molecule has 0 spiro atoms.